The number of aromatic nitrogens is 1. The van der Waals surface area contributed by atoms with Gasteiger partial charge in [-0.05, 0) is 35.9 Å². The summed E-state index contributed by atoms with van der Waals surface area (Å²) in [6.07, 6.45) is 1.92. The van der Waals surface area contributed by atoms with Gasteiger partial charge >= 0.3 is 0 Å². The minimum absolute atomic E-state index is 0.124. The highest BCUT2D eigenvalue weighted by Crippen LogP contribution is 2.23. The van der Waals surface area contributed by atoms with Crippen molar-refractivity contribution in [2.45, 2.75) is 32.9 Å². The predicted molar refractivity (Wildman–Crippen MR) is 76.9 cm³/mol. The fourth-order valence-electron chi connectivity index (χ4n) is 1.97. The van der Waals surface area contributed by atoms with E-state index in [2.05, 4.69) is 42.5 Å². The molecule has 0 spiro atoms. The molecule has 0 saturated heterocycles. The first kappa shape index (κ1) is 13.5. The number of fused-ring (bicyclic) bond motifs is 1. The first-order valence-electron chi connectivity index (χ1n) is 6.32. The Labute approximate surface area is 112 Å². The molecule has 2 aromatic rings. The molecular weight excluding hydrogens is 244 g/mol. The van der Waals surface area contributed by atoms with Crippen LogP contribution in [0, 0.1) is 5.92 Å². The molecule has 0 aliphatic rings. The summed E-state index contributed by atoms with van der Waals surface area (Å²) >= 11 is 1.71. The summed E-state index contributed by atoms with van der Waals surface area (Å²) in [6.45, 7) is 6.50. The number of pyridine rings is 1. The third kappa shape index (κ3) is 2.88. The molecule has 98 valence electrons. The zero-order chi connectivity index (χ0) is 13.1. The maximum absolute atomic E-state index is 9.35. The van der Waals surface area contributed by atoms with E-state index < -0.39 is 0 Å². The molecule has 2 atom stereocenters. The van der Waals surface area contributed by atoms with Crippen LogP contribution in [0.3, 0.4) is 0 Å². The minimum Gasteiger partial charge on any atom is -0.395 e. The van der Waals surface area contributed by atoms with Crippen molar-refractivity contribution in [2.75, 3.05) is 6.61 Å². The van der Waals surface area contributed by atoms with Crippen molar-refractivity contribution in [1.82, 2.24) is 10.3 Å². The molecule has 0 saturated carbocycles. The zero-order valence-electron chi connectivity index (χ0n) is 11.1. The molecule has 4 heteroatoms. The van der Waals surface area contributed by atoms with Crippen molar-refractivity contribution in [3.05, 3.63) is 29.3 Å². The SMILES string of the molecule is CC(N[C@H](CO)C(C)C)c1cnc2ccsc2c1. The number of nitrogens with zero attached hydrogens (tertiary/aromatic N) is 1. The highest BCUT2D eigenvalue weighted by molar-refractivity contribution is 7.17. The number of hydrogen-bond donors (Lipinski definition) is 2. The molecule has 0 radical (unpaired) electrons. The monoisotopic (exact) mass is 264 g/mol. The molecule has 0 fully saturated rings. The number of aliphatic hydroxyl groups is 1. The molecule has 2 N–H and O–H groups in total. The van der Waals surface area contributed by atoms with Crippen molar-refractivity contribution >= 4 is 21.6 Å². The van der Waals surface area contributed by atoms with Crippen molar-refractivity contribution in [3.8, 4) is 0 Å². The van der Waals surface area contributed by atoms with Crippen LogP contribution < -0.4 is 5.32 Å². The van der Waals surface area contributed by atoms with Crippen LogP contribution in [0.25, 0.3) is 10.2 Å². The maximum Gasteiger partial charge on any atom is 0.0809 e. The Bertz CT molecular complexity index is 509. The van der Waals surface area contributed by atoms with Gasteiger partial charge in [-0.15, -0.1) is 11.3 Å². The van der Waals surface area contributed by atoms with E-state index in [1.165, 1.54) is 10.3 Å². The Morgan fingerprint density at radius 3 is 2.83 bits per heavy atom. The van der Waals surface area contributed by atoms with Gasteiger partial charge in [-0.2, -0.15) is 0 Å². The summed E-state index contributed by atoms with van der Waals surface area (Å²) in [5.74, 6) is 0.413. The first-order valence-corrected chi connectivity index (χ1v) is 7.20. The Balaban J connectivity index is 2.14. The molecule has 2 aromatic heterocycles. The molecular formula is C14H20N2OS. The van der Waals surface area contributed by atoms with Crippen LogP contribution >= 0.6 is 11.3 Å². The Morgan fingerprint density at radius 2 is 2.17 bits per heavy atom. The van der Waals surface area contributed by atoms with Gasteiger partial charge in [0.05, 0.1) is 16.8 Å². The quantitative estimate of drug-likeness (QED) is 0.872. The van der Waals surface area contributed by atoms with E-state index in [1.54, 1.807) is 11.3 Å². The predicted octanol–water partition coefficient (Wildman–Crippen LogP) is 2.96. The first-order chi connectivity index (χ1) is 8.61. The topological polar surface area (TPSA) is 45.1 Å². The van der Waals surface area contributed by atoms with Gasteiger partial charge in [0.1, 0.15) is 0 Å². The zero-order valence-corrected chi connectivity index (χ0v) is 11.9. The Morgan fingerprint density at radius 1 is 1.39 bits per heavy atom. The van der Waals surface area contributed by atoms with Gasteiger partial charge in [0, 0.05) is 18.3 Å². The summed E-state index contributed by atoms with van der Waals surface area (Å²) in [4.78, 5) is 4.45. The third-order valence-corrected chi connectivity index (χ3v) is 4.14. The van der Waals surface area contributed by atoms with E-state index in [-0.39, 0.29) is 18.7 Å². The van der Waals surface area contributed by atoms with Crippen molar-refractivity contribution in [1.29, 1.82) is 0 Å². The van der Waals surface area contributed by atoms with Crippen LogP contribution in [0.2, 0.25) is 0 Å². The minimum atomic E-state index is 0.124. The number of thiophene rings is 1. The molecule has 3 nitrogen and oxygen atoms in total. The lowest BCUT2D eigenvalue weighted by Crippen LogP contribution is -2.38. The summed E-state index contributed by atoms with van der Waals surface area (Å²) in [5.41, 5.74) is 2.22. The van der Waals surface area contributed by atoms with E-state index in [4.69, 9.17) is 0 Å². The van der Waals surface area contributed by atoms with E-state index in [9.17, 15) is 5.11 Å². The van der Waals surface area contributed by atoms with Crippen molar-refractivity contribution < 1.29 is 5.11 Å². The lowest BCUT2D eigenvalue weighted by atomic mass is 10.0. The second-order valence-corrected chi connectivity index (χ2v) is 5.94. The Kier molecular flexibility index (Phi) is 4.32. The van der Waals surface area contributed by atoms with Crippen molar-refractivity contribution in [2.24, 2.45) is 5.92 Å². The molecule has 0 aliphatic heterocycles. The van der Waals surface area contributed by atoms with Gasteiger partial charge in [-0.3, -0.25) is 4.98 Å². The van der Waals surface area contributed by atoms with Crippen LogP contribution in [0.5, 0.6) is 0 Å². The average molecular weight is 264 g/mol. The largest absolute Gasteiger partial charge is 0.395 e. The third-order valence-electron chi connectivity index (χ3n) is 3.29. The van der Waals surface area contributed by atoms with Crippen molar-refractivity contribution in [3.63, 3.8) is 0 Å². The fourth-order valence-corrected chi connectivity index (χ4v) is 2.76. The summed E-state index contributed by atoms with van der Waals surface area (Å²) in [7, 11) is 0. The number of rotatable bonds is 5. The van der Waals surface area contributed by atoms with E-state index in [1.807, 2.05) is 12.3 Å². The van der Waals surface area contributed by atoms with Crippen LogP contribution in [-0.4, -0.2) is 22.7 Å². The van der Waals surface area contributed by atoms with Gasteiger partial charge in [-0.25, -0.2) is 0 Å². The number of hydrogen-bond acceptors (Lipinski definition) is 4. The molecule has 0 bridgehead atoms. The van der Waals surface area contributed by atoms with E-state index >= 15 is 0 Å². The second kappa shape index (κ2) is 5.78. The van der Waals surface area contributed by atoms with E-state index in [0.29, 0.717) is 5.92 Å². The maximum atomic E-state index is 9.35. The smallest absolute Gasteiger partial charge is 0.0809 e. The standard InChI is InChI=1S/C14H20N2OS/c1-9(2)13(8-17)16-10(3)11-6-14-12(15-7-11)4-5-18-14/h4-7,9-10,13,16-17H,8H2,1-3H3/t10?,13-/m1/s1. The van der Waals surface area contributed by atoms with Crippen LogP contribution in [0.1, 0.15) is 32.4 Å². The molecule has 1 unspecified atom stereocenters. The average Bonchev–Trinajstić information content (AvgIpc) is 2.82. The van der Waals surface area contributed by atoms with Gasteiger partial charge in [0.15, 0.2) is 0 Å². The molecule has 0 aliphatic carbocycles. The molecule has 2 rings (SSSR count). The summed E-state index contributed by atoms with van der Waals surface area (Å²) in [5, 5.41) is 14.9. The Hall–Kier alpha value is -0.970. The van der Waals surface area contributed by atoms with Gasteiger partial charge in [-0.1, -0.05) is 13.8 Å². The second-order valence-electron chi connectivity index (χ2n) is 4.99. The van der Waals surface area contributed by atoms with Gasteiger partial charge in [0.25, 0.3) is 0 Å². The van der Waals surface area contributed by atoms with Gasteiger partial charge in [0.2, 0.25) is 0 Å². The van der Waals surface area contributed by atoms with E-state index in [0.717, 1.165) is 5.52 Å². The normalized spacial score (nSPS) is 15.2. The summed E-state index contributed by atoms with van der Waals surface area (Å²) < 4.78 is 1.21. The molecule has 0 amide bonds. The number of aliphatic hydroxyl groups excluding tert-OH is 1. The lowest BCUT2D eigenvalue weighted by Gasteiger charge is -2.24. The fraction of sp³-hybridized carbons (Fsp3) is 0.500. The molecule has 18 heavy (non-hydrogen) atoms. The lowest BCUT2D eigenvalue weighted by molar-refractivity contribution is 0.201. The highest BCUT2D eigenvalue weighted by atomic mass is 32.1. The van der Waals surface area contributed by atoms with Gasteiger partial charge < -0.3 is 10.4 Å². The number of nitrogens with one attached hydrogen (secondary N) is 1. The highest BCUT2D eigenvalue weighted by Gasteiger charge is 2.16. The van der Waals surface area contributed by atoms with Crippen LogP contribution in [0.4, 0.5) is 0 Å². The molecule has 2 heterocycles. The molecule has 0 aromatic carbocycles. The van der Waals surface area contributed by atoms with Crippen LogP contribution in [0.15, 0.2) is 23.7 Å². The summed E-state index contributed by atoms with van der Waals surface area (Å²) in [6, 6.07) is 4.54. The van der Waals surface area contributed by atoms with Crippen LogP contribution in [-0.2, 0) is 0 Å².